The zero-order valence-electron chi connectivity index (χ0n) is 14.8. The molecule has 1 aliphatic rings. The fourth-order valence-electron chi connectivity index (χ4n) is 3.78. The highest BCUT2D eigenvalue weighted by molar-refractivity contribution is 6.07. The van der Waals surface area contributed by atoms with Crippen LogP contribution in [0.15, 0.2) is 17.2 Å². The number of carbonyl (C=O) groups is 1. The maximum atomic E-state index is 12.8. The first-order valence-corrected chi connectivity index (χ1v) is 8.41. The van der Waals surface area contributed by atoms with E-state index in [1.54, 1.807) is 26.6 Å². The summed E-state index contributed by atoms with van der Waals surface area (Å²) < 4.78 is 8.78. The van der Waals surface area contributed by atoms with Crippen LogP contribution in [0.4, 0.5) is 0 Å². The summed E-state index contributed by atoms with van der Waals surface area (Å²) in [4.78, 5) is 25.3. The molecule has 24 heavy (non-hydrogen) atoms. The number of nitrogens with one attached hydrogen (secondary N) is 1. The predicted octanol–water partition coefficient (Wildman–Crippen LogP) is 1.87. The molecule has 3 rings (SSSR count). The fraction of sp³-hybridized carbons (Fsp3) is 0.556. The van der Waals surface area contributed by atoms with Gasteiger partial charge in [0.25, 0.3) is 11.5 Å². The second kappa shape index (κ2) is 6.43. The number of amides is 1. The fourth-order valence-corrected chi connectivity index (χ4v) is 3.78. The van der Waals surface area contributed by atoms with Crippen molar-refractivity contribution < 1.29 is 9.53 Å². The summed E-state index contributed by atoms with van der Waals surface area (Å²) in [6.45, 7) is 1.95. The van der Waals surface area contributed by atoms with Crippen molar-refractivity contribution >= 4 is 16.8 Å². The highest BCUT2D eigenvalue weighted by Gasteiger charge is 2.25. The molecule has 1 saturated carbocycles. The summed E-state index contributed by atoms with van der Waals surface area (Å²) in [5.41, 5.74) is 2.13. The van der Waals surface area contributed by atoms with E-state index >= 15 is 0 Å². The van der Waals surface area contributed by atoms with Crippen molar-refractivity contribution in [2.45, 2.75) is 44.8 Å². The normalized spacial score (nSPS) is 21.2. The van der Waals surface area contributed by atoms with Gasteiger partial charge in [0.1, 0.15) is 0 Å². The summed E-state index contributed by atoms with van der Waals surface area (Å²) in [5, 5.41) is 3.60. The Morgan fingerprint density at radius 3 is 2.46 bits per heavy atom. The van der Waals surface area contributed by atoms with Gasteiger partial charge >= 0.3 is 0 Å². The molecule has 0 aliphatic heterocycles. The standard InChI is InChI=1S/C18H25N3O3/c1-11-9-21(3)18(23)15-14(10-20(2)16(11)15)17(22)19-12-5-7-13(24-4)8-6-12/h9-10,12-13H,5-8H2,1-4H3,(H,19,22). The summed E-state index contributed by atoms with van der Waals surface area (Å²) in [6.07, 6.45) is 7.59. The molecule has 2 aromatic rings. The first kappa shape index (κ1) is 16.8. The van der Waals surface area contributed by atoms with Crippen molar-refractivity contribution in [3.8, 4) is 0 Å². The van der Waals surface area contributed by atoms with E-state index in [9.17, 15) is 9.59 Å². The lowest BCUT2D eigenvalue weighted by Gasteiger charge is -2.28. The third-order valence-corrected chi connectivity index (χ3v) is 5.06. The van der Waals surface area contributed by atoms with Gasteiger partial charge in [-0.1, -0.05) is 0 Å². The molecule has 6 heteroatoms. The molecule has 1 amide bonds. The van der Waals surface area contributed by atoms with Crippen LogP contribution < -0.4 is 10.9 Å². The van der Waals surface area contributed by atoms with E-state index in [-0.39, 0.29) is 17.5 Å². The van der Waals surface area contributed by atoms with E-state index in [0.29, 0.717) is 17.1 Å². The van der Waals surface area contributed by atoms with E-state index in [2.05, 4.69) is 5.32 Å². The van der Waals surface area contributed by atoms with Gasteiger partial charge in [0.15, 0.2) is 0 Å². The van der Waals surface area contributed by atoms with Gasteiger partial charge in [-0.3, -0.25) is 9.59 Å². The first-order valence-electron chi connectivity index (χ1n) is 8.41. The van der Waals surface area contributed by atoms with Gasteiger partial charge in [-0.25, -0.2) is 0 Å². The summed E-state index contributed by atoms with van der Waals surface area (Å²) in [6, 6.07) is 0.146. The molecule has 0 spiro atoms. The van der Waals surface area contributed by atoms with E-state index in [0.717, 1.165) is 36.8 Å². The summed E-state index contributed by atoms with van der Waals surface area (Å²) in [7, 11) is 5.32. The average Bonchev–Trinajstić information content (AvgIpc) is 2.91. The number of carbonyl (C=O) groups excluding carboxylic acids is 1. The summed E-state index contributed by atoms with van der Waals surface area (Å²) in [5.74, 6) is -0.163. The Hall–Kier alpha value is -2.08. The van der Waals surface area contributed by atoms with Crippen LogP contribution in [0.2, 0.25) is 0 Å². The smallest absolute Gasteiger partial charge is 0.260 e. The number of rotatable bonds is 3. The molecular formula is C18H25N3O3. The molecule has 0 atom stereocenters. The van der Waals surface area contributed by atoms with Gasteiger partial charge in [0.05, 0.1) is 22.6 Å². The third kappa shape index (κ3) is 2.86. The first-order chi connectivity index (χ1) is 11.4. The lowest BCUT2D eigenvalue weighted by Crippen LogP contribution is -2.39. The SMILES string of the molecule is COC1CCC(NC(=O)c2cn(C)c3c(C)cn(C)c(=O)c23)CC1. The van der Waals surface area contributed by atoms with Crippen LogP contribution in [0.1, 0.15) is 41.6 Å². The van der Waals surface area contributed by atoms with Gasteiger partial charge in [0, 0.05) is 39.6 Å². The predicted molar refractivity (Wildman–Crippen MR) is 93.4 cm³/mol. The number of hydrogen-bond acceptors (Lipinski definition) is 3. The molecule has 1 N–H and O–H groups in total. The van der Waals surface area contributed by atoms with Crippen LogP contribution in [0.5, 0.6) is 0 Å². The highest BCUT2D eigenvalue weighted by Crippen LogP contribution is 2.23. The molecule has 2 aromatic heterocycles. The number of ether oxygens (including phenoxy) is 1. The second-order valence-electron chi connectivity index (χ2n) is 6.79. The van der Waals surface area contributed by atoms with Gasteiger partial charge < -0.3 is 19.2 Å². The second-order valence-corrected chi connectivity index (χ2v) is 6.79. The molecule has 0 aromatic carbocycles. The molecule has 1 fully saturated rings. The number of fused-ring (bicyclic) bond motifs is 1. The minimum absolute atomic E-state index is 0.135. The van der Waals surface area contributed by atoms with E-state index in [1.165, 1.54) is 4.57 Å². The average molecular weight is 331 g/mol. The number of pyridine rings is 1. The molecule has 0 radical (unpaired) electrons. The van der Waals surface area contributed by atoms with Crippen LogP contribution in [0.3, 0.4) is 0 Å². The molecule has 130 valence electrons. The number of nitrogens with zero attached hydrogens (tertiary/aromatic N) is 2. The lowest BCUT2D eigenvalue weighted by molar-refractivity contribution is 0.0599. The third-order valence-electron chi connectivity index (χ3n) is 5.06. The zero-order chi connectivity index (χ0) is 17.4. The van der Waals surface area contributed by atoms with Crippen molar-refractivity contribution in [1.29, 1.82) is 0 Å². The van der Waals surface area contributed by atoms with Crippen LogP contribution >= 0.6 is 0 Å². The van der Waals surface area contributed by atoms with Crippen molar-refractivity contribution in [2.75, 3.05) is 7.11 Å². The van der Waals surface area contributed by atoms with Gasteiger partial charge in [-0.15, -0.1) is 0 Å². The minimum atomic E-state index is -0.163. The molecule has 1 aliphatic carbocycles. The van der Waals surface area contributed by atoms with Crippen LogP contribution in [-0.4, -0.2) is 34.3 Å². The van der Waals surface area contributed by atoms with Crippen LogP contribution in [0.25, 0.3) is 10.9 Å². The van der Waals surface area contributed by atoms with Crippen molar-refractivity contribution in [2.24, 2.45) is 14.1 Å². The molecule has 2 heterocycles. The van der Waals surface area contributed by atoms with E-state index in [1.807, 2.05) is 18.5 Å². The number of methoxy groups -OCH3 is 1. The Kier molecular flexibility index (Phi) is 4.49. The monoisotopic (exact) mass is 331 g/mol. The zero-order valence-corrected chi connectivity index (χ0v) is 14.8. The van der Waals surface area contributed by atoms with Gasteiger partial charge in [-0.05, 0) is 38.2 Å². The molecule has 0 unspecified atom stereocenters. The summed E-state index contributed by atoms with van der Waals surface area (Å²) >= 11 is 0. The topological polar surface area (TPSA) is 65.3 Å². The Balaban J connectivity index is 1.90. The Bertz CT molecular complexity index is 826. The maximum Gasteiger partial charge on any atom is 0.260 e. The van der Waals surface area contributed by atoms with Crippen molar-refractivity contribution in [1.82, 2.24) is 14.5 Å². The molecular weight excluding hydrogens is 306 g/mol. The van der Waals surface area contributed by atoms with Crippen LogP contribution in [0, 0.1) is 6.92 Å². The van der Waals surface area contributed by atoms with Crippen molar-refractivity contribution in [3.63, 3.8) is 0 Å². The number of aromatic nitrogens is 2. The maximum absolute atomic E-state index is 12.8. The van der Waals surface area contributed by atoms with E-state index in [4.69, 9.17) is 4.74 Å². The van der Waals surface area contributed by atoms with Gasteiger partial charge in [-0.2, -0.15) is 0 Å². The van der Waals surface area contributed by atoms with Crippen molar-refractivity contribution in [3.05, 3.63) is 33.9 Å². The Morgan fingerprint density at radius 1 is 1.17 bits per heavy atom. The van der Waals surface area contributed by atoms with E-state index < -0.39 is 0 Å². The quantitative estimate of drug-likeness (QED) is 0.934. The Labute approximate surface area is 141 Å². The van der Waals surface area contributed by atoms with Crippen LogP contribution in [-0.2, 0) is 18.8 Å². The largest absolute Gasteiger partial charge is 0.381 e. The lowest BCUT2D eigenvalue weighted by atomic mass is 9.93. The molecule has 6 nitrogen and oxygen atoms in total. The minimum Gasteiger partial charge on any atom is -0.381 e. The number of hydrogen-bond donors (Lipinski definition) is 1. The highest BCUT2D eigenvalue weighted by atomic mass is 16.5. The number of aryl methyl sites for hydroxylation is 3. The Morgan fingerprint density at radius 2 is 1.83 bits per heavy atom. The molecule has 0 saturated heterocycles. The van der Waals surface area contributed by atoms with Gasteiger partial charge in [0.2, 0.25) is 0 Å². The molecule has 0 bridgehead atoms.